The van der Waals surface area contributed by atoms with E-state index in [1.165, 1.54) is 6.92 Å². The number of piperazine rings is 1. The summed E-state index contributed by atoms with van der Waals surface area (Å²) in [5, 5.41) is 16.9. The minimum Gasteiger partial charge on any atom is -0.465 e. The monoisotopic (exact) mass is 804 g/mol. The third-order valence-electron chi connectivity index (χ3n) is 10.9. The van der Waals surface area contributed by atoms with E-state index in [2.05, 4.69) is 44.2 Å². The number of unbranched alkanes of at least 4 members (excludes halogenated alkanes) is 3. The van der Waals surface area contributed by atoms with Gasteiger partial charge in [0, 0.05) is 56.2 Å². The van der Waals surface area contributed by atoms with Crippen molar-refractivity contribution in [1.82, 2.24) is 29.7 Å². The summed E-state index contributed by atoms with van der Waals surface area (Å²) in [7, 11) is 0. The van der Waals surface area contributed by atoms with Crippen molar-refractivity contribution >= 4 is 34.5 Å². The maximum Gasteiger partial charge on any atom is 0.334 e. The molecule has 2 N–H and O–H groups in total. The lowest BCUT2D eigenvalue weighted by molar-refractivity contribution is -0.189. The van der Waals surface area contributed by atoms with Crippen LogP contribution in [-0.4, -0.2) is 91.3 Å². The number of rotatable bonds is 17. The van der Waals surface area contributed by atoms with Crippen LogP contribution in [0.4, 0.5) is 4.79 Å². The molecule has 4 amide bonds. The molecule has 0 aliphatic carbocycles. The smallest absolute Gasteiger partial charge is 0.334 e. The fourth-order valence-corrected chi connectivity index (χ4v) is 8.28. The topological polar surface area (TPSA) is 128 Å². The highest BCUT2D eigenvalue weighted by atomic mass is 16.6. The van der Waals surface area contributed by atoms with Gasteiger partial charge in [0.05, 0.1) is 18.6 Å². The second-order valence-corrected chi connectivity index (χ2v) is 17.0. The largest absolute Gasteiger partial charge is 0.465 e. The molecule has 2 saturated heterocycles. The number of carbonyl (C=O) groups is 4. The van der Waals surface area contributed by atoms with Crippen molar-refractivity contribution in [2.45, 2.75) is 111 Å². The third kappa shape index (κ3) is 10.4. The zero-order valence-electron chi connectivity index (χ0n) is 35.2. The molecule has 3 heterocycles. The zero-order chi connectivity index (χ0) is 42.3. The van der Waals surface area contributed by atoms with E-state index < -0.39 is 24.5 Å². The van der Waals surface area contributed by atoms with E-state index >= 15 is 0 Å². The number of hydrogen-bond donors (Lipinski definition) is 2. The maximum atomic E-state index is 14.9. The normalized spacial score (nSPS) is 17.9. The number of benzene rings is 3. The lowest BCUT2D eigenvalue weighted by Crippen LogP contribution is -2.76. The molecule has 2 aliphatic rings. The lowest BCUT2D eigenvalue weighted by Gasteiger charge is -2.55. The number of amides is 4. The molecule has 1 aromatic heterocycles. The van der Waals surface area contributed by atoms with Crippen LogP contribution in [0.25, 0.3) is 10.9 Å². The molecule has 6 rings (SSSR count). The number of para-hydroxylation sites is 1. The van der Waals surface area contributed by atoms with Gasteiger partial charge in [0.25, 0.3) is 0 Å². The Hall–Kier alpha value is -5.46. The number of fused-ring (bicyclic) bond motifs is 2. The van der Waals surface area contributed by atoms with Gasteiger partial charge in [-0.05, 0) is 47.6 Å². The van der Waals surface area contributed by atoms with Crippen LogP contribution in [0.3, 0.4) is 0 Å². The van der Waals surface area contributed by atoms with E-state index in [-0.39, 0.29) is 62.2 Å². The fraction of sp³-hybridized carbons (Fsp3) is 0.447. The summed E-state index contributed by atoms with van der Waals surface area (Å²) in [4.78, 5) is 60.7. The Morgan fingerprint density at radius 3 is 2.41 bits per heavy atom. The summed E-state index contributed by atoms with van der Waals surface area (Å²) < 4.78 is 7.63. The number of ether oxygens (including phenoxy) is 1. The minimum atomic E-state index is -0.992. The highest BCUT2D eigenvalue weighted by Crippen LogP contribution is 2.34. The maximum absolute atomic E-state index is 14.9. The average Bonchev–Trinajstić information content (AvgIpc) is 3.57. The molecule has 2 aliphatic heterocycles. The number of aryl methyl sites for hydroxylation is 1. The zero-order valence-corrected chi connectivity index (χ0v) is 35.2. The SMILES string of the molecule is C=CCN1CC(=O)N2C(Cc3ccc(OC(C)O)cc3)C(=O)N(Cc3cccc4c(C(=O)CC(C)(C)C)cn(CCCCCC)c34)CC2N1C(=O)NCc1ccccc1. The molecular formula is C47H60N6O6. The van der Waals surface area contributed by atoms with Gasteiger partial charge >= 0.3 is 6.03 Å². The van der Waals surface area contributed by atoms with E-state index in [4.69, 9.17) is 4.74 Å². The summed E-state index contributed by atoms with van der Waals surface area (Å²) in [6.45, 7) is 15.2. The minimum absolute atomic E-state index is 0.0675. The number of aromatic nitrogens is 1. The second kappa shape index (κ2) is 19.1. The van der Waals surface area contributed by atoms with Gasteiger partial charge in [-0.2, -0.15) is 0 Å². The molecule has 0 radical (unpaired) electrons. The molecule has 0 saturated carbocycles. The van der Waals surface area contributed by atoms with Gasteiger partial charge in [0.2, 0.25) is 11.8 Å². The number of nitrogens with zero attached hydrogens (tertiary/aromatic N) is 5. The van der Waals surface area contributed by atoms with Gasteiger partial charge in [-0.1, -0.05) is 114 Å². The predicted octanol–water partition coefficient (Wildman–Crippen LogP) is 7.29. The summed E-state index contributed by atoms with van der Waals surface area (Å²) in [6.07, 6.45) is 6.68. The number of hydrazine groups is 1. The summed E-state index contributed by atoms with van der Waals surface area (Å²) in [5.41, 5.74) is 4.02. The fourth-order valence-electron chi connectivity index (χ4n) is 8.28. The van der Waals surface area contributed by atoms with Crippen LogP contribution in [0.15, 0.2) is 91.6 Å². The number of carbonyl (C=O) groups excluding carboxylic acids is 4. The molecule has 3 aromatic carbocycles. The Morgan fingerprint density at radius 1 is 0.983 bits per heavy atom. The molecule has 3 atom stereocenters. The number of nitrogens with one attached hydrogen (secondary N) is 1. The Bertz CT molecular complexity index is 2110. The van der Waals surface area contributed by atoms with E-state index in [1.807, 2.05) is 66.9 Å². The molecule has 0 spiro atoms. The van der Waals surface area contributed by atoms with Crippen molar-refractivity contribution in [2.24, 2.45) is 5.41 Å². The molecule has 12 heteroatoms. The van der Waals surface area contributed by atoms with Crippen LogP contribution >= 0.6 is 0 Å². The molecule has 314 valence electrons. The van der Waals surface area contributed by atoms with E-state index in [1.54, 1.807) is 38.0 Å². The van der Waals surface area contributed by atoms with Crippen LogP contribution in [0, 0.1) is 5.41 Å². The molecule has 3 unspecified atom stereocenters. The third-order valence-corrected chi connectivity index (χ3v) is 10.9. The molecular weight excluding hydrogens is 745 g/mol. The van der Waals surface area contributed by atoms with Crippen LogP contribution in [-0.2, 0) is 35.6 Å². The molecule has 12 nitrogen and oxygen atoms in total. The van der Waals surface area contributed by atoms with Crippen molar-refractivity contribution in [1.29, 1.82) is 0 Å². The summed E-state index contributed by atoms with van der Waals surface area (Å²) in [5.74, 6) is 0.0605. The van der Waals surface area contributed by atoms with Gasteiger partial charge in [0.1, 0.15) is 18.0 Å². The second-order valence-electron chi connectivity index (χ2n) is 17.0. The highest BCUT2D eigenvalue weighted by molar-refractivity contribution is 6.09. The Balaban J connectivity index is 1.40. The van der Waals surface area contributed by atoms with Crippen LogP contribution in [0.2, 0.25) is 0 Å². The van der Waals surface area contributed by atoms with E-state index in [9.17, 15) is 24.3 Å². The summed E-state index contributed by atoms with van der Waals surface area (Å²) in [6, 6.07) is 21.4. The summed E-state index contributed by atoms with van der Waals surface area (Å²) >= 11 is 0. The Labute approximate surface area is 348 Å². The van der Waals surface area contributed by atoms with Gasteiger partial charge in [-0.3, -0.25) is 14.4 Å². The Morgan fingerprint density at radius 2 is 1.73 bits per heavy atom. The average molecular weight is 805 g/mol. The quantitative estimate of drug-likeness (QED) is 0.0497. The number of urea groups is 1. The van der Waals surface area contributed by atoms with Crippen LogP contribution < -0.4 is 10.1 Å². The molecule has 0 bridgehead atoms. The lowest BCUT2D eigenvalue weighted by atomic mass is 9.87. The standard InChI is InChI=1S/C47H60N6O6/c1-7-9-10-14-25-49-30-39(41(55)27-47(4,5)6)38-19-15-18-36(44(38)49)29-50-31-42-52(40(45(50)57)26-34-20-22-37(23-21-34)59-33(3)54)43(56)32-51(24-8-2)53(42)46(58)48-28-35-16-12-11-13-17-35/h8,11-13,15-23,30,33,40,42,54H,2,7,9-10,14,24-29,31-32H2,1,3-6H3,(H,48,58). The number of ketones is 1. The van der Waals surface area contributed by atoms with Gasteiger partial charge in [0.15, 0.2) is 12.1 Å². The van der Waals surface area contributed by atoms with Crippen molar-refractivity contribution in [3.63, 3.8) is 0 Å². The first-order chi connectivity index (χ1) is 28.3. The predicted molar refractivity (Wildman–Crippen MR) is 229 cm³/mol. The van der Waals surface area contributed by atoms with Crippen molar-refractivity contribution in [3.05, 3.63) is 114 Å². The Kier molecular flexibility index (Phi) is 13.9. The van der Waals surface area contributed by atoms with E-state index in [0.717, 1.165) is 59.8 Å². The number of hydrogen-bond acceptors (Lipinski definition) is 7. The van der Waals surface area contributed by atoms with E-state index in [0.29, 0.717) is 17.7 Å². The first-order valence-electron chi connectivity index (χ1n) is 20.9. The number of aliphatic hydroxyl groups is 1. The molecule has 4 aromatic rings. The van der Waals surface area contributed by atoms with Crippen molar-refractivity contribution in [2.75, 3.05) is 19.6 Å². The number of aliphatic hydroxyl groups excluding tert-OH is 1. The van der Waals surface area contributed by atoms with Gasteiger partial charge < -0.3 is 29.5 Å². The van der Waals surface area contributed by atoms with Crippen LogP contribution in [0.1, 0.15) is 93.8 Å². The highest BCUT2D eigenvalue weighted by Gasteiger charge is 2.51. The molecule has 59 heavy (non-hydrogen) atoms. The first kappa shape index (κ1) is 43.1. The van der Waals surface area contributed by atoms with Gasteiger partial charge in [-0.15, -0.1) is 6.58 Å². The van der Waals surface area contributed by atoms with Gasteiger partial charge in [-0.25, -0.2) is 14.8 Å². The molecule has 2 fully saturated rings. The first-order valence-corrected chi connectivity index (χ1v) is 20.9. The van der Waals surface area contributed by atoms with Crippen LogP contribution in [0.5, 0.6) is 5.75 Å². The number of Topliss-reactive ketones (excluding diaryl/α,β-unsaturated/α-hetero) is 1. The van der Waals surface area contributed by atoms with Crippen molar-refractivity contribution < 1.29 is 29.0 Å². The van der Waals surface area contributed by atoms with Crippen molar-refractivity contribution in [3.8, 4) is 5.75 Å².